The molecule has 25 heavy (non-hydrogen) atoms. The Morgan fingerprint density at radius 1 is 1.40 bits per heavy atom. The van der Waals surface area contributed by atoms with Gasteiger partial charge in [-0.1, -0.05) is 30.7 Å². The molecule has 0 fully saturated rings. The van der Waals surface area contributed by atoms with E-state index in [0.29, 0.717) is 33.6 Å². The van der Waals surface area contributed by atoms with Crippen molar-refractivity contribution in [2.75, 3.05) is 11.5 Å². The molecule has 0 aliphatic carbocycles. The van der Waals surface area contributed by atoms with E-state index >= 15 is 0 Å². The number of nitrogen functional groups attached to an aromatic ring is 1. The second kappa shape index (κ2) is 6.97. The molecule has 9 heteroatoms. The molecule has 0 amide bonds. The quantitative estimate of drug-likeness (QED) is 0.592. The van der Waals surface area contributed by atoms with E-state index in [1.807, 2.05) is 32.0 Å². The lowest BCUT2D eigenvalue weighted by Crippen LogP contribution is -2.18. The first-order chi connectivity index (χ1) is 11.9. The molecule has 0 spiro atoms. The molecule has 0 saturated carbocycles. The van der Waals surface area contributed by atoms with Crippen molar-refractivity contribution in [3.8, 4) is 0 Å². The maximum absolute atomic E-state index is 12.4. The van der Waals surface area contributed by atoms with Crippen LogP contribution in [0.5, 0.6) is 0 Å². The van der Waals surface area contributed by atoms with Gasteiger partial charge in [-0.3, -0.25) is 9.35 Å². The Labute approximate surface area is 152 Å². The monoisotopic (exact) mass is 378 g/mol. The fourth-order valence-corrected chi connectivity index (χ4v) is 3.68. The normalized spacial score (nSPS) is 12.6. The number of imidazole rings is 1. The van der Waals surface area contributed by atoms with Crippen LogP contribution in [0.1, 0.15) is 24.5 Å². The minimum Gasteiger partial charge on any atom is -0.382 e. The summed E-state index contributed by atoms with van der Waals surface area (Å²) in [6.07, 6.45) is 0.859. The number of fused-ring (bicyclic) bond motifs is 1. The minimum atomic E-state index is -0.851. The summed E-state index contributed by atoms with van der Waals surface area (Å²) in [5.41, 5.74) is 8.39. The number of H-pyrrole nitrogens is 1. The molecule has 1 aromatic carbocycles. The Morgan fingerprint density at radius 2 is 2.16 bits per heavy atom. The Kier molecular flexibility index (Phi) is 4.91. The number of aryl methyl sites for hydroxylation is 1. The lowest BCUT2D eigenvalue weighted by molar-refractivity contribution is 0.770. The molecule has 0 aliphatic heterocycles. The van der Waals surface area contributed by atoms with Gasteiger partial charge in [0.05, 0.1) is 6.54 Å². The van der Waals surface area contributed by atoms with Gasteiger partial charge in [0, 0.05) is 10.8 Å². The summed E-state index contributed by atoms with van der Waals surface area (Å²) in [4.78, 5) is 23.7. The minimum absolute atomic E-state index is 0.198. The Bertz CT molecular complexity index is 1030. The van der Waals surface area contributed by atoms with Gasteiger partial charge in [-0.05, 0) is 41.2 Å². The summed E-state index contributed by atoms with van der Waals surface area (Å²) >= 11 is 6.06. The highest BCUT2D eigenvalue weighted by Crippen LogP contribution is 2.20. The van der Waals surface area contributed by atoms with Crippen LogP contribution in [-0.2, 0) is 17.2 Å². The number of aromatic amines is 1. The van der Waals surface area contributed by atoms with Crippen molar-refractivity contribution in [3.05, 3.63) is 44.8 Å². The molecular weight excluding hydrogens is 360 g/mol. The van der Waals surface area contributed by atoms with E-state index in [1.165, 1.54) is 4.57 Å². The van der Waals surface area contributed by atoms with Crippen LogP contribution in [0, 0.1) is 11.7 Å². The zero-order valence-electron chi connectivity index (χ0n) is 14.0. The van der Waals surface area contributed by atoms with Crippen LogP contribution in [0.3, 0.4) is 0 Å². The number of nitrogens with two attached hydrogens (primary N) is 1. The first-order valence-electron chi connectivity index (χ1n) is 7.84. The van der Waals surface area contributed by atoms with Crippen LogP contribution >= 0.6 is 11.6 Å². The maximum atomic E-state index is 12.4. The third kappa shape index (κ3) is 3.45. The van der Waals surface area contributed by atoms with Crippen molar-refractivity contribution in [3.63, 3.8) is 0 Å². The highest BCUT2D eigenvalue weighted by Gasteiger charge is 2.15. The van der Waals surface area contributed by atoms with E-state index in [2.05, 4.69) is 15.0 Å². The lowest BCUT2D eigenvalue weighted by Gasteiger charge is -2.08. The van der Waals surface area contributed by atoms with Gasteiger partial charge in [0.1, 0.15) is 5.52 Å². The highest BCUT2D eigenvalue weighted by molar-refractivity contribution is 7.85. The number of aromatic nitrogens is 4. The number of rotatable bonds is 5. The fourth-order valence-electron chi connectivity index (χ4n) is 2.57. The average molecular weight is 379 g/mol. The summed E-state index contributed by atoms with van der Waals surface area (Å²) in [5.74, 6) is 0.861. The third-order valence-corrected chi connectivity index (χ3v) is 5.69. The average Bonchev–Trinajstić information content (AvgIpc) is 2.88. The van der Waals surface area contributed by atoms with Gasteiger partial charge < -0.3 is 10.7 Å². The van der Waals surface area contributed by atoms with Crippen LogP contribution in [0.2, 0.25) is 5.02 Å². The molecule has 0 bridgehead atoms. The molecule has 4 N–H and O–H groups in total. The Balaban J connectivity index is 2.10. The number of hydrogen-bond acceptors (Lipinski definition) is 5. The first-order valence-corrected chi connectivity index (χ1v) is 9.61. The van der Waals surface area contributed by atoms with Crippen molar-refractivity contribution < 1.29 is 0 Å². The van der Waals surface area contributed by atoms with E-state index in [-0.39, 0.29) is 11.5 Å². The molecule has 0 aliphatic rings. The van der Waals surface area contributed by atoms with E-state index in [4.69, 9.17) is 22.1 Å². The zero-order valence-corrected chi connectivity index (χ0v) is 15.5. The number of nitrogens with zero attached hydrogens (tertiary/aromatic N) is 3. The van der Waals surface area contributed by atoms with E-state index in [9.17, 15) is 4.79 Å². The van der Waals surface area contributed by atoms with Gasteiger partial charge in [0.15, 0.2) is 11.5 Å². The smallest absolute Gasteiger partial charge is 0.328 e. The topological polar surface area (TPSA) is 113 Å². The molecule has 1 atom stereocenters. The Hall–Kier alpha value is -2.19. The van der Waals surface area contributed by atoms with Crippen molar-refractivity contribution in [2.24, 2.45) is 0 Å². The van der Waals surface area contributed by atoms with Gasteiger partial charge in [-0.15, -0.1) is 0 Å². The van der Waals surface area contributed by atoms with Crippen LogP contribution in [0.25, 0.3) is 11.2 Å². The lowest BCUT2D eigenvalue weighted by atomic mass is 10.1. The second-order valence-corrected chi connectivity index (χ2v) is 7.75. The Morgan fingerprint density at radius 3 is 2.84 bits per heavy atom. The highest BCUT2D eigenvalue weighted by atomic mass is 35.5. The van der Waals surface area contributed by atoms with E-state index < -0.39 is 10.7 Å². The van der Waals surface area contributed by atoms with Crippen molar-refractivity contribution in [1.82, 2.24) is 19.5 Å². The summed E-state index contributed by atoms with van der Waals surface area (Å²) in [5, 5.41) is 1.05. The maximum Gasteiger partial charge on any atom is 0.328 e. The van der Waals surface area contributed by atoms with Crippen molar-refractivity contribution in [1.29, 1.82) is 4.78 Å². The summed E-state index contributed by atoms with van der Waals surface area (Å²) in [6, 6.07) is 5.62. The van der Waals surface area contributed by atoms with E-state index in [0.717, 1.165) is 17.5 Å². The van der Waals surface area contributed by atoms with Gasteiger partial charge >= 0.3 is 5.69 Å². The number of hydrogen-bond donors (Lipinski definition) is 3. The molecule has 3 aromatic rings. The summed E-state index contributed by atoms with van der Waals surface area (Å²) < 4.78 is 9.69. The number of anilines is 1. The second-order valence-electron chi connectivity index (χ2n) is 5.78. The summed E-state index contributed by atoms with van der Waals surface area (Å²) in [7, 11) is -0.851. The fraction of sp³-hybridized carbons (Fsp3) is 0.312. The molecule has 0 saturated heterocycles. The molecule has 0 radical (unpaired) electrons. The largest absolute Gasteiger partial charge is 0.382 e. The van der Waals surface area contributed by atoms with E-state index in [1.54, 1.807) is 0 Å². The van der Waals surface area contributed by atoms with Gasteiger partial charge in [-0.2, -0.15) is 0 Å². The number of halogens is 1. The standard InChI is InChI=1S/C16H19ClN6OS/c1-3-6-25(19)15-21-13(18)12-14(22-15)23(16(24)20-12)8-10-4-5-11(17)9(2)7-10/h4-5,7,19H,3,6,8H2,1-2H3,(H,20,24)(H2,18,21,22). The molecule has 132 valence electrons. The SMILES string of the molecule is CCCS(=N)c1nc(N)c2[nH]c(=O)n(Cc3ccc(Cl)c(C)c3)c2n1. The van der Waals surface area contributed by atoms with Crippen LogP contribution in [-0.4, -0.2) is 25.3 Å². The molecule has 2 aromatic heterocycles. The van der Waals surface area contributed by atoms with Crippen molar-refractivity contribution in [2.45, 2.75) is 32.0 Å². The number of nitrogens with one attached hydrogen (secondary N) is 2. The van der Waals surface area contributed by atoms with Gasteiger partial charge in [0.25, 0.3) is 0 Å². The molecule has 3 rings (SSSR count). The molecule has 7 nitrogen and oxygen atoms in total. The number of benzene rings is 1. The predicted octanol–water partition coefficient (Wildman–Crippen LogP) is 2.86. The first kappa shape index (κ1) is 17.6. The van der Waals surface area contributed by atoms with Gasteiger partial charge in [-0.25, -0.2) is 14.8 Å². The predicted molar refractivity (Wildman–Crippen MR) is 101 cm³/mol. The molecular formula is C16H19ClN6OS. The molecule has 1 unspecified atom stereocenters. The van der Waals surface area contributed by atoms with Crippen LogP contribution in [0.4, 0.5) is 5.82 Å². The van der Waals surface area contributed by atoms with Crippen molar-refractivity contribution >= 4 is 39.3 Å². The third-order valence-electron chi connectivity index (χ3n) is 3.82. The van der Waals surface area contributed by atoms with Crippen LogP contribution < -0.4 is 11.4 Å². The zero-order chi connectivity index (χ0) is 18.1. The summed E-state index contributed by atoms with van der Waals surface area (Å²) in [6.45, 7) is 4.26. The molecule has 2 heterocycles. The van der Waals surface area contributed by atoms with Crippen LogP contribution in [0.15, 0.2) is 28.2 Å². The van der Waals surface area contributed by atoms with Gasteiger partial charge in [0.2, 0.25) is 5.16 Å².